The number of hydrogen-bond donors (Lipinski definition) is 1. The lowest BCUT2D eigenvalue weighted by Gasteiger charge is -2.02. The van der Waals surface area contributed by atoms with Crippen molar-refractivity contribution < 1.29 is 4.79 Å². The fraction of sp³-hybridized carbons (Fsp3) is 0.857. The fourth-order valence-electron chi connectivity index (χ4n) is 1.19. The van der Waals surface area contributed by atoms with Gasteiger partial charge in [-0.2, -0.15) is 0 Å². The molecular weight excluding hydrogens is 150 g/mol. The minimum Gasteiger partial charge on any atom is -0.322 e. The molecule has 1 aliphatic carbocycles. The van der Waals surface area contributed by atoms with Crippen LogP contribution in [0.5, 0.6) is 0 Å². The average Bonchev–Trinajstić information content (AvgIpc) is 1.99. The molecule has 1 atom stereocenters. The average molecular weight is 164 g/mol. The molecule has 0 bridgehead atoms. The number of carbonyl (C=O) groups excluding carboxylic acids is 1. The first-order valence-electron chi connectivity index (χ1n) is 3.59. The van der Waals surface area contributed by atoms with Gasteiger partial charge in [-0.15, -0.1) is 12.4 Å². The molecule has 1 aliphatic rings. The Bertz CT molecular complexity index is 116. The van der Waals surface area contributed by atoms with Gasteiger partial charge in [-0.3, -0.25) is 4.79 Å². The summed E-state index contributed by atoms with van der Waals surface area (Å²) in [6, 6.07) is -0.146. The molecule has 1 fully saturated rings. The molecule has 0 aromatic rings. The van der Waals surface area contributed by atoms with Crippen LogP contribution >= 0.6 is 12.4 Å². The largest absolute Gasteiger partial charge is 0.322 e. The molecule has 2 nitrogen and oxygen atoms in total. The third kappa shape index (κ3) is 2.67. The molecule has 1 rings (SSSR count). The van der Waals surface area contributed by atoms with Crippen LogP contribution in [0.3, 0.4) is 0 Å². The highest BCUT2D eigenvalue weighted by atomic mass is 35.5. The van der Waals surface area contributed by atoms with E-state index in [0.29, 0.717) is 6.42 Å². The van der Waals surface area contributed by atoms with E-state index in [9.17, 15) is 4.79 Å². The van der Waals surface area contributed by atoms with Crippen LogP contribution in [0.15, 0.2) is 0 Å². The summed E-state index contributed by atoms with van der Waals surface area (Å²) in [7, 11) is 0. The summed E-state index contributed by atoms with van der Waals surface area (Å²) in [4.78, 5) is 10.9. The molecule has 0 heterocycles. The van der Waals surface area contributed by atoms with E-state index < -0.39 is 0 Å². The van der Waals surface area contributed by atoms with Gasteiger partial charge < -0.3 is 5.73 Å². The maximum atomic E-state index is 10.9. The second kappa shape index (κ2) is 4.69. The van der Waals surface area contributed by atoms with E-state index >= 15 is 0 Å². The van der Waals surface area contributed by atoms with E-state index in [0.717, 1.165) is 19.3 Å². The Balaban J connectivity index is 0.000000810. The van der Waals surface area contributed by atoms with E-state index in [2.05, 4.69) is 0 Å². The summed E-state index contributed by atoms with van der Waals surface area (Å²) in [5, 5.41) is 0. The second-order valence-electron chi connectivity index (χ2n) is 2.67. The smallest absolute Gasteiger partial charge is 0.149 e. The zero-order valence-corrected chi connectivity index (χ0v) is 6.82. The number of hydrogen-bond acceptors (Lipinski definition) is 2. The van der Waals surface area contributed by atoms with Crippen molar-refractivity contribution in [1.29, 1.82) is 0 Å². The van der Waals surface area contributed by atoms with Gasteiger partial charge in [-0.25, -0.2) is 0 Å². The van der Waals surface area contributed by atoms with Gasteiger partial charge in [0.25, 0.3) is 0 Å². The predicted octanol–water partition coefficient (Wildman–Crippen LogP) is 1.27. The topological polar surface area (TPSA) is 43.1 Å². The minimum absolute atomic E-state index is 0. The van der Waals surface area contributed by atoms with Crippen LogP contribution in [0.2, 0.25) is 0 Å². The van der Waals surface area contributed by atoms with Gasteiger partial charge in [0.15, 0.2) is 0 Å². The number of halogens is 1. The lowest BCUT2D eigenvalue weighted by Crippen LogP contribution is -2.28. The van der Waals surface area contributed by atoms with E-state index in [1.165, 1.54) is 6.42 Å². The number of rotatable bonds is 0. The van der Waals surface area contributed by atoms with E-state index in [4.69, 9.17) is 5.73 Å². The fourth-order valence-corrected chi connectivity index (χ4v) is 1.19. The Morgan fingerprint density at radius 1 is 1.30 bits per heavy atom. The number of Topliss-reactive ketones (excluding diaryl/α,β-unsaturated/α-hetero) is 1. The first-order valence-corrected chi connectivity index (χ1v) is 3.59. The number of ketones is 1. The van der Waals surface area contributed by atoms with Crippen molar-refractivity contribution >= 4 is 18.2 Å². The normalized spacial score (nSPS) is 26.9. The van der Waals surface area contributed by atoms with Gasteiger partial charge >= 0.3 is 0 Å². The van der Waals surface area contributed by atoms with Gasteiger partial charge in [-0.05, 0) is 12.8 Å². The standard InChI is InChI=1S/C7H13NO.ClH/c8-6-4-2-1-3-5-7(6)9;/h6H,1-5,8H2;1H/t6-;/m0./s1. The SMILES string of the molecule is Cl.N[C@H]1CCCCCC1=O. The first kappa shape index (κ1) is 9.92. The third-order valence-corrected chi connectivity index (χ3v) is 1.85. The molecule has 0 unspecified atom stereocenters. The van der Waals surface area contributed by atoms with Crippen LogP contribution in [0.4, 0.5) is 0 Å². The zero-order valence-electron chi connectivity index (χ0n) is 6.01. The van der Waals surface area contributed by atoms with Gasteiger partial charge in [-0.1, -0.05) is 12.8 Å². The molecule has 0 aromatic heterocycles. The molecule has 0 aliphatic heterocycles. The van der Waals surface area contributed by atoms with Crippen LogP contribution < -0.4 is 5.73 Å². The molecule has 2 N–H and O–H groups in total. The summed E-state index contributed by atoms with van der Waals surface area (Å²) in [6.07, 6.45) is 4.97. The molecule has 3 heteroatoms. The number of nitrogens with two attached hydrogens (primary N) is 1. The Morgan fingerprint density at radius 3 is 2.70 bits per heavy atom. The van der Waals surface area contributed by atoms with Crippen LogP contribution in [-0.2, 0) is 4.79 Å². The Kier molecular flexibility index (Phi) is 4.65. The van der Waals surface area contributed by atoms with Gasteiger partial charge in [0, 0.05) is 6.42 Å². The Morgan fingerprint density at radius 2 is 2.00 bits per heavy atom. The molecular formula is C7H14ClNO. The highest BCUT2D eigenvalue weighted by Gasteiger charge is 2.15. The van der Waals surface area contributed by atoms with Crippen LogP contribution in [-0.4, -0.2) is 11.8 Å². The number of carbonyl (C=O) groups is 1. The maximum Gasteiger partial charge on any atom is 0.149 e. The first-order chi connectivity index (χ1) is 4.30. The van der Waals surface area contributed by atoms with Crippen LogP contribution in [0.25, 0.3) is 0 Å². The van der Waals surface area contributed by atoms with Crippen molar-refractivity contribution in [2.24, 2.45) is 5.73 Å². The molecule has 0 aromatic carbocycles. The quantitative estimate of drug-likeness (QED) is 0.547. The summed E-state index contributed by atoms with van der Waals surface area (Å²) in [5.74, 6) is 0.257. The maximum absolute atomic E-state index is 10.9. The van der Waals surface area contributed by atoms with Gasteiger partial charge in [0.05, 0.1) is 6.04 Å². The van der Waals surface area contributed by atoms with Gasteiger partial charge in [0.1, 0.15) is 5.78 Å². The summed E-state index contributed by atoms with van der Waals surface area (Å²) >= 11 is 0. The molecule has 60 valence electrons. The lowest BCUT2D eigenvalue weighted by atomic mass is 10.1. The molecule has 1 saturated carbocycles. The van der Waals surface area contributed by atoms with Gasteiger partial charge in [0.2, 0.25) is 0 Å². The third-order valence-electron chi connectivity index (χ3n) is 1.85. The van der Waals surface area contributed by atoms with Crippen molar-refractivity contribution in [3.63, 3.8) is 0 Å². The zero-order chi connectivity index (χ0) is 6.69. The molecule has 0 spiro atoms. The van der Waals surface area contributed by atoms with Crippen molar-refractivity contribution in [2.75, 3.05) is 0 Å². The van der Waals surface area contributed by atoms with E-state index in [1.54, 1.807) is 0 Å². The molecule has 0 radical (unpaired) electrons. The van der Waals surface area contributed by atoms with E-state index in [-0.39, 0.29) is 24.2 Å². The summed E-state index contributed by atoms with van der Waals surface area (Å²) in [5.41, 5.74) is 5.53. The molecule has 0 saturated heterocycles. The Labute approximate surface area is 67.6 Å². The predicted molar refractivity (Wildman–Crippen MR) is 43.3 cm³/mol. The molecule has 0 amide bonds. The van der Waals surface area contributed by atoms with Crippen molar-refractivity contribution in [1.82, 2.24) is 0 Å². The van der Waals surface area contributed by atoms with Crippen LogP contribution in [0.1, 0.15) is 32.1 Å². The monoisotopic (exact) mass is 163 g/mol. The van der Waals surface area contributed by atoms with Crippen LogP contribution in [0, 0.1) is 0 Å². The lowest BCUT2D eigenvalue weighted by molar-refractivity contribution is -0.120. The van der Waals surface area contributed by atoms with Crippen molar-refractivity contribution in [3.8, 4) is 0 Å². The molecule has 10 heavy (non-hydrogen) atoms. The summed E-state index contributed by atoms with van der Waals surface area (Å²) in [6.45, 7) is 0. The second-order valence-corrected chi connectivity index (χ2v) is 2.67. The van der Waals surface area contributed by atoms with Crippen molar-refractivity contribution in [2.45, 2.75) is 38.1 Å². The highest BCUT2D eigenvalue weighted by Crippen LogP contribution is 2.12. The minimum atomic E-state index is -0.146. The highest BCUT2D eigenvalue weighted by molar-refractivity contribution is 5.85. The van der Waals surface area contributed by atoms with E-state index in [1.807, 2.05) is 0 Å². The Hall–Kier alpha value is -0.0800. The van der Waals surface area contributed by atoms with Crippen molar-refractivity contribution in [3.05, 3.63) is 0 Å². The summed E-state index contributed by atoms with van der Waals surface area (Å²) < 4.78 is 0.